The third kappa shape index (κ3) is 4.08. The first-order valence-electron chi connectivity index (χ1n) is 8.86. The Morgan fingerprint density at radius 2 is 1.79 bits per heavy atom. The minimum Gasteiger partial charge on any atom is -0.497 e. The molecule has 2 aliphatic rings. The minimum atomic E-state index is -0.572. The van der Waals surface area contributed by atoms with Gasteiger partial charge in [0.15, 0.2) is 0 Å². The molecule has 0 aromatic heterocycles. The molecule has 0 saturated heterocycles. The molecule has 1 aromatic carbocycles. The molecular weight excluding hydrogens is 304 g/mol. The number of benzene rings is 1. The van der Waals surface area contributed by atoms with Gasteiger partial charge in [-0.05, 0) is 49.9 Å². The minimum absolute atomic E-state index is 0.0179. The fraction of sp³-hybridized carbons (Fsp3) is 0.579. The molecular formula is C19H26N2O3. The van der Waals surface area contributed by atoms with Gasteiger partial charge in [0.05, 0.1) is 12.5 Å². The summed E-state index contributed by atoms with van der Waals surface area (Å²) >= 11 is 0. The van der Waals surface area contributed by atoms with Crippen LogP contribution in [0.3, 0.4) is 0 Å². The van der Waals surface area contributed by atoms with Crippen LogP contribution < -0.4 is 15.4 Å². The van der Waals surface area contributed by atoms with E-state index in [2.05, 4.69) is 10.6 Å². The molecule has 0 atom stereocenters. The Balaban J connectivity index is 1.68. The van der Waals surface area contributed by atoms with E-state index in [1.807, 2.05) is 24.3 Å². The smallest absolute Gasteiger partial charge is 0.231 e. The third-order valence-corrected chi connectivity index (χ3v) is 5.08. The average molecular weight is 330 g/mol. The molecule has 0 radical (unpaired) electrons. The van der Waals surface area contributed by atoms with Gasteiger partial charge in [-0.15, -0.1) is 0 Å². The van der Waals surface area contributed by atoms with Crippen LogP contribution in [0.5, 0.6) is 5.75 Å². The first-order chi connectivity index (χ1) is 11.6. The molecule has 130 valence electrons. The lowest BCUT2D eigenvalue weighted by Gasteiger charge is -2.35. The van der Waals surface area contributed by atoms with Crippen LogP contribution in [0.1, 0.15) is 51.4 Å². The highest BCUT2D eigenvalue weighted by Gasteiger charge is 2.42. The summed E-state index contributed by atoms with van der Waals surface area (Å²) < 4.78 is 5.14. The van der Waals surface area contributed by atoms with Crippen molar-refractivity contribution in [1.29, 1.82) is 0 Å². The molecule has 1 aromatic rings. The Kier molecular flexibility index (Phi) is 5.07. The van der Waals surface area contributed by atoms with Crippen molar-refractivity contribution in [2.24, 2.45) is 5.41 Å². The van der Waals surface area contributed by atoms with Crippen LogP contribution in [0, 0.1) is 5.41 Å². The quantitative estimate of drug-likeness (QED) is 0.841. The Morgan fingerprint density at radius 3 is 2.38 bits per heavy atom. The molecule has 2 amide bonds. The van der Waals surface area contributed by atoms with Gasteiger partial charge < -0.3 is 15.4 Å². The van der Waals surface area contributed by atoms with E-state index in [4.69, 9.17) is 4.74 Å². The van der Waals surface area contributed by atoms with E-state index >= 15 is 0 Å². The highest BCUT2D eigenvalue weighted by molar-refractivity contribution is 5.98. The van der Waals surface area contributed by atoms with E-state index in [0.717, 1.165) is 56.4 Å². The van der Waals surface area contributed by atoms with Crippen LogP contribution in [0.25, 0.3) is 0 Å². The highest BCUT2D eigenvalue weighted by atomic mass is 16.5. The molecule has 2 saturated carbocycles. The first kappa shape index (κ1) is 16.8. The van der Waals surface area contributed by atoms with Gasteiger partial charge in [0.1, 0.15) is 5.75 Å². The molecule has 5 nitrogen and oxygen atoms in total. The lowest BCUT2D eigenvalue weighted by atomic mass is 9.71. The zero-order chi connectivity index (χ0) is 17.0. The van der Waals surface area contributed by atoms with E-state index in [-0.39, 0.29) is 11.8 Å². The number of ether oxygens (including phenoxy) is 1. The van der Waals surface area contributed by atoms with E-state index in [9.17, 15) is 9.59 Å². The van der Waals surface area contributed by atoms with E-state index in [0.29, 0.717) is 12.5 Å². The second kappa shape index (κ2) is 7.24. The zero-order valence-corrected chi connectivity index (χ0v) is 14.3. The molecule has 3 rings (SSSR count). The number of anilines is 1. The predicted octanol–water partition coefficient (Wildman–Crippen LogP) is 3.25. The number of hydrogen-bond acceptors (Lipinski definition) is 3. The monoisotopic (exact) mass is 330 g/mol. The highest BCUT2D eigenvalue weighted by Crippen LogP contribution is 2.40. The third-order valence-electron chi connectivity index (χ3n) is 5.08. The standard InChI is InChI=1S/C19H26N2O3/c1-24-16-9-7-15(8-10-16)21-18(23)19(11-3-2-4-12-19)13-17(22)20-14-5-6-14/h7-10,14H,2-6,11-13H2,1H3,(H,20,22)(H,21,23). The molecule has 0 spiro atoms. The molecule has 5 heteroatoms. The number of amides is 2. The summed E-state index contributed by atoms with van der Waals surface area (Å²) in [6.45, 7) is 0. The topological polar surface area (TPSA) is 67.4 Å². The fourth-order valence-electron chi connectivity index (χ4n) is 3.46. The summed E-state index contributed by atoms with van der Waals surface area (Å²) in [6.07, 6.45) is 7.15. The van der Waals surface area contributed by atoms with Gasteiger partial charge in [0.25, 0.3) is 0 Å². The van der Waals surface area contributed by atoms with Crippen molar-refractivity contribution in [3.05, 3.63) is 24.3 Å². The predicted molar refractivity (Wildman–Crippen MR) is 92.9 cm³/mol. The fourth-order valence-corrected chi connectivity index (χ4v) is 3.46. The van der Waals surface area contributed by atoms with Crippen LogP contribution in [0.2, 0.25) is 0 Å². The van der Waals surface area contributed by atoms with Gasteiger partial charge in [-0.1, -0.05) is 19.3 Å². The van der Waals surface area contributed by atoms with Crippen molar-refractivity contribution in [3.8, 4) is 5.75 Å². The lowest BCUT2D eigenvalue weighted by molar-refractivity contribution is -0.134. The van der Waals surface area contributed by atoms with Crippen LogP contribution in [0.15, 0.2) is 24.3 Å². The van der Waals surface area contributed by atoms with Crippen LogP contribution in [0.4, 0.5) is 5.69 Å². The summed E-state index contributed by atoms with van der Waals surface area (Å²) in [7, 11) is 1.61. The SMILES string of the molecule is COc1ccc(NC(=O)C2(CC(=O)NC3CC3)CCCCC2)cc1. The van der Waals surface area contributed by atoms with Crippen molar-refractivity contribution < 1.29 is 14.3 Å². The van der Waals surface area contributed by atoms with Crippen molar-refractivity contribution in [3.63, 3.8) is 0 Å². The van der Waals surface area contributed by atoms with Gasteiger partial charge in [-0.25, -0.2) is 0 Å². The Bertz CT molecular complexity index is 587. The molecule has 2 N–H and O–H groups in total. The number of hydrogen-bond donors (Lipinski definition) is 2. The van der Waals surface area contributed by atoms with Gasteiger partial charge >= 0.3 is 0 Å². The van der Waals surface area contributed by atoms with Gasteiger partial charge in [-0.3, -0.25) is 9.59 Å². The van der Waals surface area contributed by atoms with E-state index < -0.39 is 5.41 Å². The van der Waals surface area contributed by atoms with Crippen molar-refractivity contribution >= 4 is 17.5 Å². The summed E-state index contributed by atoms with van der Waals surface area (Å²) in [4.78, 5) is 25.3. The molecule has 0 bridgehead atoms. The summed E-state index contributed by atoms with van der Waals surface area (Å²) in [6, 6.07) is 7.64. The van der Waals surface area contributed by atoms with Crippen LogP contribution in [-0.4, -0.2) is 25.0 Å². The maximum atomic E-state index is 13.0. The second-order valence-electron chi connectivity index (χ2n) is 7.04. The van der Waals surface area contributed by atoms with Gasteiger partial charge in [-0.2, -0.15) is 0 Å². The number of methoxy groups -OCH3 is 1. The second-order valence-corrected chi connectivity index (χ2v) is 7.04. The number of carbonyl (C=O) groups is 2. The maximum Gasteiger partial charge on any atom is 0.231 e. The summed E-state index contributed by atoms with van der Waals surface area (Å²) in [5, 5.41) is 6.03. The van der Waals surface area contributed by atoms with Crippen molar-refractivity contribution in [1.82, 2.24) is 5.32 Å². The maximum absolute atomic E-state index is 13.0. The Hall–Kier alpha value is -2.04. The van der Waals surface area contributed by atoms with Crippen molar-refractivity contribution in [2.45, 2.75) is 57.4 Å². The van der Waals surface area contributed by atoms with Gasteiger partial charge in [0.2, 0.25) is 11.8 Å². The molecule has 0 unspecified atom stereocenters. The zero-order valence-electron chi connectivity index (χ0n) is 14.3. The number of nitrogens with one attached hydrogen (secondary N) is 2. The normalized spacial score (nSPS) is 19.4. The van der Waals surface area contributed by atoms with Gasteiger partial charge in [0, 0.05) is 18.2 Å². The van der Waals surface area contributed by atoms with Crippen LogP contribution >= 0.6 is 0 Å². The number of carbonyl (C=O) groups excluding carboxylic acids is 2. The lowest BCUT2D eigenvalue weighted by Crippen LogP contribution is -2.42. The molecule has 2 fully saturated rings. The summed E-state index contributed by atoms with van der Waals surface area (Å²) in [5.74, 6) is 0.742. The molecule has 0 heterocycles. The largest absolute Gasteiger partial charge is 0.497 e. The van der Waals surface area contributed by atoms with E-state index in [1.54, 1.807) is 7.11 Å². The molecule has 0 aliphatic heterocycles. The molecule has 2 aliphatic carbocycles. The van der Waals surface area contributed by atoms with Crippen LogP contribution in [-0.2, 0) is 9.59 Å². The Morgan fingerprint density at radius 1 is 1.12 bits per heavy atom. The Labute approximate surface area is 143 Å². The summed E-state index contributed by atoms with van der Waals surface area (Å²) in [5.41, 5.74) is 0.172. The number of rotatable bonds is 6. The average Bonchev–Trinajstić information content (AvgIpc) is 3.40. The first-order valence-corrected chi connectivity index (χ1v) is 8.86. The van der Waals surface area contributed by atoms with E-state index in [1.165, 1.54) is 0 Å². The van der Waals surface area contributed by atoms with Crippen molar-refractivity contribution in [2.75, 3.05) is 12.4 Å². The molecule has 24 heavy (non-hydrogen) atoms.